The molecule has 18 heavy (non-hydrogen) atoms. The number of nitrogens with two attached hydrogens (primary N) is 1. The number of hydrogen-bond donors (Lipinski definition) is 3. The maximum atomic E-state index is 9.38. The van der Waals surface area contributed by atoms with E-state index in [9.17, 15) is 5.11 Å². The highest BCUT2D eigenvalue weighted by Crippen LogP contribution is 2.28. The summed E-state index contributed by atoms with van der Waals surface area (Å²) in [6.07, 6.45) is 1.94. The molecule has 6 nitrogen and oxygen atoms in total. The van der Waals surface area contributed by atoms with Crippen LogP contribution in [0.4, 0.5) is 5.82 Å². The lowest BCUT2D eigenvalue weighted by Gasteiger charge is -2.26. The molecule has 1 aromatic rings. The maximum absolute atomic E-state index is 9.38. The molecule has 1 saturated heterocycles. The Hall–Kier alpha value is -1.69. The number of anilines is 1. The van der Waals surface area contributed by atoms with Crippen molar-refractivity contribution in [1.29, 1.82) is 5.41 Å². The van der Waals surface area contributed by atoms with Gasteiger partial charge in [0.15, 0.2) is 5.82 Å². The average Bonchev–Trinajstić information content (AvgIpc) is 2.79. The Morgan fingerprint density at radius 1 is 1.50 bits per heavy atom. The highest BCUT2D eigenvalue weighted by molar-refractivity contribution is 6.01. The smallest absolute Gasteiger partial charge is 0.162 e. The third-order valence-corrected chi connectivity index (χ3v) is 3.57. The molecule has 0 amide bonds. The third-order valence-electron chi connectivity index (χ3n) is 3.57. The monoisotopic (exact) mass is 249 g/mol. The number of aliphatic hydroxyl groups is 1. The molecule has 0 bridgehead atoms. The summed E-state index contributed by atoms with van der Waals surface area (Å²) < 4.78 is 0. The first-order chi connectivity index (χ1) is 8.56. The van der Waals surface area contributed by atoms with E-state index in [2.05, 4.69) is 10.2 Å². The van der Waals surface area contributed by atoms with E-state index in [0.29, 0.717) is 11.4 Å². The minimum Gasteiger partial charge on any atom is -0.394 e. The van der Waals surface area contributed by atoms with Crippen molar-refractivity contribution >= 4 is 11.7 Å². The summed E-state index contributed by atoms with van der Waals surface area (Å²) in [5, 5.41) is 25.4. The van der Waals surface area contributed by atoms with Gasteiger partial charge in [0.25, 0.3) is 0 Å². The zero-order valence-corrected chi connectivity index (χ0v) is 10.8. The Bertz CT molecular complexity index is 474. The standard InChI is InChI=1S/C12H19N5O/c1-7-8(2)15-16-12(10(7)11(13)14)17-5-3-4-9(17)6-18/h9,18H,3-6H2,1-2H3,(H3,13,14). The predicted molar refractivity (Wildman–Crippen MR) is 70.0 cm³/mol. The van der Waals surface area contributed by atoms with Crippen LogP contribution in [0.3, 0.4) is 0 Å². The second-order valence-electron chi connectivity index (χ2n) is 4.69. The van der Waals surface area contributed by atoms with Crippen molar-refractivity contribution in [1.82, 2.24) is 10.2 Å². The second kappa shape index (κ2) is 4.89. The summed E-state index contributed by atoms with van der Waals surface area (Å²) in [5.74, 6) is 0.631. The van der Waals surface area contributed by atoms with E-state index < -0.39 is 0 Å². The van der Waals surface area contributed by atoms with Crippen molar-refractivity contribution in [2.24, 2.45) is 5.73 Å². The lowest BCUT2D eigenvalue weighted by molar-refractivity contribution is 0.266. The molecule has 0 saturated carbocycles. The molecule has 1 aromatic heterocycles. The molecule has 0 spiro atoms. The number of amidine groups is 1. The SMILES string of the molecule is Cc1nnc(N2CCCC2CO)c(C(=N)N)c1C. The molecule has 1 atom stereocenters. The van der Waals surface area contributed by atoms with E-state index >= 15 is 0 Å². The van der Waals surface area contributed by atoms with Crippen LogP contribution in [0.2, 0.25) is 0 Å². The van der Waals surface area contributed by atoms with Crippen LogP contribution in [0.25, 0.3) is 0 Å². The number of hydrogen-bond acceptors (Lipinski definition) is 5. The van der Waals surface area contributed by atoms with Gasteiger partial charge in [-0.05, 0) is 32.3 Å². The molecule has 1 aliphatic rings. The summed E-state index contributed by atoms with van der Waals surface area (Å²) in [6.45, 7) is 4.66. The molecule has 2 heterocycles. The fourth-order valence-corrected chi connectivity index (χ4v) is 2.42. The molecule has 4 N–H and O–H groups in total. The van der Waals surface area contributed by atoms with Crippen LogP contribution in [-0.2, 0) is 0 Å². The van der Waals surface area contributed by atoms with E-state index in [1.54, 1.807) is 0 Å². The summed E-state index contributed by atoms with van der Waals surface area (Å²) in [6, 6.07) is 0.0551. The molecular weight excluding hydrogens is 230 g/mol. The normalized spacial score (nSPS) is 19.3. The number of nitrogen functional groups attached to an aromatic ring is 1. The number of rotatable bonds is 3. The van der Waals surface area contributed by atoms with E-state index in [4.69, 9.17) is 11.1 Å². The summed E-state index contributed by atoms with van der Waals surface area (Å²) >= 11 is 0. The molecule has 0 radical (unpaired) electrons. The Labute approximate surface area is 106 Å². The molecular formula is C12H19N5O. The highest BCUT2D eigenvalue weighted by atomic mass is 16.3. The van der Waals surface area contributed by atoms with Crippen molar-refractivity contribution in [3.8, 4) is 0 Å². The number of nitrogens with zero attached hydrogens (tertiary/aromatic N) is 3. The molecule has 98 valence electrons. The lowest BCUT2D eigenvalue weighted by atomic mass is 10.1. The molecule has 0 aliphatic carbocycles. The Balaban J connectivity index is 2.50. The molecule has 1 unspecified atom stereocenters. The van der Waals surface area contributed by atoms with E-state index in [0.717, 1.165) is 30.6 Å². The Kier molecular flexibility index (Phi) is 3.47. The summed E-state index contributed by atoms with van der Waals surface area (Å²) in [5.41, 5.74) is 7.97. The van der Waals surface area contributed by atoms with Gasteiger partial charge in [0.1, 0.15) is 5.84 Å². The van der Waals surface area contributed by atoms with Gasteiger partial charge in [-0.25, -0.2) is 0 Å². The van der Waals surface area contributed by atoms with Crippen LogP contribution in [0.15, 0.2) is 0 Å². The number of aromatic nitrogens is 2. The molecule has 2 rings (SSSR count). The quantitative estimate of drug-likeness (QED) is 0.530. The Morgan fingerprint density at radius 2 is 2.22 bits per heavy atom. The first-order valence-electron chi connectivity index (χ1n) is 6.12. The van der Waals surface area contributed by atoms with Gasteiger partial charge >= 0.3 is 0 Å². The third kappa shape index (κ3) is 2.03. The van der Waals surface area contributed by atoms with Crippen molar-refractivity contribution in [3.05, 3.63) is 16.8 Å². The minimum atomic E-state index is 0.00379. The molecule has 0 aromatic carbocycles. The minimum absolute atomic E-state index is 0.00379. The summed E-state index contributed by atoms with van der Waals surface area (Å²) in [7, 11) is 0. The van der Waals surface area contributed by atoms with Crippen molar-refractivity contribution in [2.45, 2.75) is 32.7 Å². The lowest BCUT2D eigenvalue weighted by Crippen LogP contribution is -2.35. The zero-order chi connectivity index (χ0) is 13.3. The Morgan fingerprint density at radius 3 is 2.83 bits per heavy atom. The second-order valence-corrected chi connectivity index (χ2v) is 4.69. The van der Waals surface area contributed by atoms with Crippen LogP contribution < -0.4 is 10.6 Å². The van der Waals surface area contributed by atoms with Crippen molar-refractivity contribution < 1.29 is 5.11 Å². The van der Waals surface area contributed by atoms with Gasteiger partial charge in [-0.3, -0.25) is 5.41 Å². The topological polar surface area (TPSA) is 99.1 Å². The molecule has 1 fully saturated rings. The first kappa shape index (κ1) is 12.8. The van der Waals surface area contributed by atoms with E-state index in [-0.39, 0.29) is 18.5 Å². The van der Waals surface area contributed by atoms with E-state index in [1.807, 2.05) is 18.7 Å². The highest BCUT2D eigenvalue weighted by Gasteiger charge is 2.28. The average molecular weight is 249 g/mol. The van der Waals surface area contributed by atoms with Crippen LogP contribution in [0, 0.1) is 19.3 Å². The molecule has 6 heteroatoms. The van der Waals surface area contributed by atoms with Gasteiger partial charge < -0.3 is 15.7 Å². The zero-order valence-electron chi connectivity index (χ0n) is 10.8. The fourth-order valence-electron chi connectivity index (χ4n) is 2.42. The maximum Gasteiger partial charge on any atom is 0.162 e. The predicted octanol–water partition coefficient (Wildman–Crippen LogP) is 0.339. The largest absolute Gasteiger partial charge is 0.394 e. The van der Waals surface area contributed by atoms with Gasteiger partial charge in [0.2, 0.25) is 0 Å². The van der Waals surface area contributed by atoms with Crippen molar-refractivity contribution in [3.63, 3.8) is 0 Å². The van der Waals surface area contributed by atoms with Gasteiger partial charge in [0, 0.05) is 6.54 Å². The summed E-state index contributed by atoms with van der Waals surface area (Å²) in [4.78, 5) is 2.01. The first-order valence-corrected chi connectivity index (χ1v) is 6.12. The van der Waals surface area contributed by atoms with Gasteiger partial charge in [-0.2, -0.15) is 5.10 Å². The molecule has 1 aliphatic heterocycles. The van der Waals surface area contributed by atoms with Crippen LogP contribution in [0.1, 0.15) is 29.7 Å². The van der Waals surface area contributed by atoms with Crippen molar-refractivity contribution in [2.75, 3.05) is 18.1 Å². The fraction of sp³-hybridized carbons (Fsp3) is 0.583. The van der Waals surface area contributed by atoms with Gasteiger partial charge in [-0.1, -0.05) is 0 Å². The van der Waals surface area contributed by atoms with E-state index in [1.165, 1.54) is 0 Å². The number of nitrogens with one attached hydrogen (secondary N) is 1. The number of aryl methyl sites for hydroxylation is 1. The van der Waals surface area contributed by atoms with Gasteiger partial charge in [0.05, 0.1) is 23.9 Å². The van der Waals surface area contributed by atoms with Crippen LogP contribution >= 0.6 is 0 Å². The van der Waals surface area contributed by atoms with Crippen LogP contribution in [0.5, 0.6) is 0 Å². The van der Waals surface area contributed by atoms with Crippen LogP contribution in [-0.4, -0.2) is 40.3 Å². The van der Waals surface area contributed by atoms with Gasteiger partial charge in [-0.15, -0.1) is 5.10 Å². The number of aliphatic hydroxyl groups excluding tert-OH is 1.